The molecule has 0 saturated carbocycles. The first-order chi connectivity index (χ1) is 20.5. The minimum Gasteiger partial charge on any atom is -0.444 e. The van der Waals surface area contributed by atoms with Gasteiger partial charge in [-0.2, -0.15) is 0 Å². The molecular weight excluding hydrogens is 581 g/mol. The first kappa shape index (κ1) is 35.0. The number of nitrogens with zero attached hydrogens (tertiary/aromatic N) is 1. The van der Waals surface area contributed by atoms with Gasteiger partial charge < -0.3 is 29.3 Å². The van der Waals surface area contributed by atoms with Gasteiger partial charge in [0.15, 0.2) is 5.78 Å². The summed E-state index contributed by atoms with van der Waals surface area (Å²) in [5, 5.41) is 5.68. The molecule has 0 radical (unpaired) electrons. The molecule has 1 aliphatic heterocycles. The zero-order valence-corrected chi connectivity index (χ0v) is 28.1. The molecule has 10 nitrogen and oxygen atoms in total. The summed E-state index contributed by atoms with van der Waals surface area (Å²) in [4.78, 5) is 42.3. The lowest BCUT2D eigenvalue weighted by molar-refractivity contribution is -0.146. The summed E-state index contributed by atoms with van der Waals surface area (Å²) in [6.45, 7) is 14.8. The second kappa shape index (κ2) is 14.5. The Kier molecular flexibility index (Phi) is 11.5. The number of piperidine rings is 1. The number of alkyl carbamates (subject to hydrolysis) is 1. The third kappa shape index (κ3) is 9.74. The van der Waals surface area contributed by atoms with E-state index in [2.05, 4.69) is 10.6 Å². The molecule has 1 saturated heterocycles. The zero-order chi connectivity index (χ0) is 32.7. The molecule has 2 aromatic carbocycles. The van der Waals surface area contributed by atoms with E-state index >= 15 is 0 Å². The van der Waals surface area contributed by atoms with Gasteiger partial charge in [0.1, 0.15) is 29.2 Å². The molecule has 1 fully saturated rings. The topological polar surface area (TPSA) is 123 Å². The van der Waals surface area contributed by atoms with E-state index in [9.17, 15) is 18.9 Å². The van der Waals surface area contributed by atoms with Crippen molar-refractivity contribution in [2.75, 3.05) is 6.54 Å². The summed E-state index contributed by atoms with van der Waals surface area (Å²) in [5.41, 5.74) is -1.41. The maximum absolute atomic E-state index is 14.6. The number of hydrogen-bond donors (Lipinski definition) is 2. The van der Waals surface area contributed by atoms with Crippen molar-refractivity contribution < 1.29 is 32.7 Å². The first-order valence-corrected chi connectivity index (χ1v) is 16.8. The molecule has 0 spiro atoms. The van der Waals surface area contributed by atoms with Crippen LogP contribution in [0, 0.1) is 11.3 Å². The number of carbonyl (C=O) groups excluding carboxylic acids is 3. The molecule has 2 N–H and O–H groups in total. The van der Waals surface area contributed by atoms with Crippen molar-refractivity contribution in [3.8, 4) is 11.5 Å². The molecule has 44 heavy (non-hydrogen) atoms. The Morgan fingerprint density at radius 1 is 0.841 bits per heavy atom. The van der Waals surface area contributed by atoms with Gasteiger partial charge in [0.2, 0.25) is 11.8 Å². The molecule has 3 amide bonds. The summed E-state index contributed by atoms with van der Waals surface area (Å²) in [7, 11) is -4.07. The largest absolute Gasteiger partial charge is 0.453 e. The van der Waals surface area contributed by atoms with Gasteiger partial charge in [0.05, 0.1) is 0 Å². The van der Waals surface area contributed by atoms with Crippen LogP contribution in [0.1, 0.15) is 74.7 Å². The van der Waals surface area contributed by atoms with Crippen molar-refractivity contribution >= 4 is 25.5 Å². The van der Waals surface area contributed by atoms with Crippen LogP contribution in [0.5, 0.6) is 11.5 Å². The molecule has 0 aliphatic carbocycles. The van der Waals surface area contributed by atoms with E-state index in [4.69, 9.17) is 13.8 Å². The summed E-state index contributed by atoms with van der Waals surface area (Å²) in [6.07, 6.45) is 1.14. The fourth-order valence-electron chi connectivity index (χ4n) is 4.95. The van der Waals surface area contributed by atoms with Gasteiger partial charge in [0, 0.05) is 6.54 Å². The maximum Gasteiger partial charge on any atom is 0.453 e. The van der Waals surface area contributed by atoms with Crippen LogP contribution in [-0.4, -0.2) is 52.8 Å². The molecule has 3 rings (SSSR count). The number of rotatable bonds is 10. The van der Waals surface area contributed by atoms with Crippen LogP contribution >= 0.6 is 7.60 Å². The number of ether oxygens (including phenoxy) is 1. The van der Waals surface area contributed by atoms with Crippen LogP contribution in [0.4, 0.5) is 4.79 Å². The number of amides is 3. The first-order valence-electron chi connectivity index (χ1n) is 15.2. The summed E-state index contributed by atoms with van der Waals surface area (Å²) < 4.78 is 32.1. The fourth-order valence-corrected chi connectivity index (χ4v) is 7.06. The maximum atomic E-state index is 14.6. The van der Waals surface area contributed by atoms with E-state index in [1.165, 1.54) is 4.90 Å². The van der Waals surface area contributed by atoms with Crippen molar-refractivity contribution in [3.05, 3.63) is 60.7 Å². The molecule has 11 heteroatoms. The molecule has 2 aromatic rings. The lowest BCUT2D eigenvalue weighted by Crippen LogP contribution is -2.61. The molecule has 242 valence electrons. The van der Waals surface area contributed by atoms with E-state index < -0.39 is 48.5 Å². The van der Waals surface area contributed by atoms with Gasteiger partial charge in [-0.25, -0.2) is 9.36 Å². The van der Waals surface area contributed by atoms with E-state index in [0.717, 1.165) is 6.42 Å². The van der Waals surface area contributed by atoms with Crippen LogP contribution in [0.15, 0.2) is 60.7 Å². The van der Waals surface area contributed by atoms with E-state index in [-0.39, 0.29) is 11.8 Å². The van der Waals surface area contributed by atoms with Crippen molar-refractivity contribution in [1.29, 1.82) is 0 Å². The van der Waals surface area contributed by atoms with Crippen molar-refractivity contribution in [3.63, 3.8) is 0 Å². The number of nitrogens with one attached hydrogen (secondary N) is 2. The van der Waals surface area contributed by atoms with Crippen molar-refractivity contribution in [1.82, 2.24) is 15.5 Å². The van der Waals surface area contributed by atoms with Gasteiger partial charge >= 0.3 is 13.7 Å². The Bertz CT molecular complexity index is 1260. The van der Waals surface area contributed by atoms with Gasteiger partial charge in [-0.1, -0.05) is 71.0 Å². The van der Waals surface area contributed by atoms with Gasteiger partial charge in [-0.3, -0.25) is 9.59 Å². The lowest BCUT2D eigenvalue weighted by atomic mass is 9.85. The van der Waals surface area contributed by atoms with Crippen LogP contribution in [0.25, 0.3) is 0 Å². The van der Waals surface area contributed by atoms with Crippen molar-refractivity contribution in [2.45, 2.75) is 98.1 Å². The monoisotopic (exact) mass is 629 g/mol. The number of carbonyl (C=O) groups is 3. The molecular formula is C33H48N3O7P. The highest BCUT2D eigenvalue weighted by molar-refractivity contribution is 7.55. The molecule has 1 heterocycles. The van der Waals surface area contributed by atoms with E-state index in [1.54, 1.807) is 69.3 Å². The highest BCUT2D eigenvalue weighted by atomic mass is 31.2. The quantitative estimate of drug-likeness (QED) is 0.279. The number of likely N-dealkylation sites (tertiary alicyclic amines) is 1. The lowest BCUT2D eigenvalue weighted by Gasteiger charge is -2.41. The van der Waals surface area contributed by atoms with Gasteiger partial charge in [-0.05, 0) is 75.6 Å². The average Bonchev–Trinajstić information content (AvgIpc) is 2.93. The molecule has 0 aromatic heterocycles. The summed E-state index contributed by atoms with van der Waals surface area (Å²) in [5.74, 6) is -1.57. The Balaban J connectivity index is 1.90. The average molecular weight is 630 g/mol. The Morgan fingerprint density at radius 3 is 1.82 bits per heavy atom. The minimum absolute atomic E-state index is 0.336. The molecule has 1 aliphatic rings. The van der Waals surface area contributed by atoms with Gasteiger partial charge in [0.25, 0.3) is 0 Å². The third-order valence-corrected chi connectivity index (χ3v) is 9.41. The van der Waals surface area contributed by atoms with E-state index in [0.29, 0.717) is 30.9 Å². The number of benzene rings is 2. The number of para-hydroxylation sites is 2. The summed E-state index contributed by atoms with van der Waals surface area (Å²) in [6, 6.07) is 15.6. The van der Waals surface area contributed by atoms with E-state index in [1.807, 2.05) is 46.8 Å². The molecule has 3 atom stereocenters. The fraction of sp³-hybridized carbons (Fsp3) is 0.545. The predicted molar refractivity (Wildman–Crippen MR) is 170 cm³/mol. The van der Waals surface area contributed by atoms with Crippen LogP contribution in [-0.2, 0) is 18.9 Å². The SMILES string of the molecule is CC(C)C(NC(=O)[C@@H]1CCCCN1C(=O)[C@@H](NC(=O)OC(C)(C)C)C(C)(C)C)P(=O)(Oc1ccccc1)Oc1ccccc1. The van der Waals surface area contributed by atoms with Crippen molar-refractivity contribution in [2.24, 2.45) is 11.3 Å². The smallest absolute Gasteiger partial charge is 0.444 e. The molecule has 0 bridgehead atoms. The second-order valence-corrected chi connectivity index (χ2v) is 15.5. The molecule has 1 unspecified atom stereocenters. The van der Waals surface area contributed by atoms with Crippen LogP contribution in [0.3, 0.4) is 0 Å². The number of hydrogen-bond acceptors (Lipinski definition) is 7. The highest BCUT2D eigenvalue weighted by Gasteiger charge is 2.46. The zero-order valence-electron chi connectivity index (χ0n) is 27.2. The highest BCUT2D eigenvalue weighted by Crippen LogP contribution is 2.54. The van der Waals surface area contributed by atoms with Gasteiger partial charge in [-0.15, -0.1) is 0 Å². The predicted octanol–water partition coefficient (Wildman–Crippen LogP) is 6.76. The Labute approximate surface area is 261 Å². The van der Waals surface area contributed by atoms with Crippen LogP contribution in [0.2, 0.25) is 0 Å². The Hall–Kier alpha value is -3.52. The Morgan fingerprint density at radius 2 is 1.36 bits per heavy atom. The standard InChI is InChI=1S/C33H48N3O7P/c1-23(2)29(44(40,42-24-17-11-9-12-18-24)43-25-19-13-10-14-20-25)35-28(37)26-21-15-16-22-36(26)30(38)27(32(3,4)5)34-31(39)41-33(6,7)8/h9-14,17-20,23,26-27,29H,15-16,21-22H2,1-8H3,(H,34,39)(H,35,37)/t26-,27+,29?/m0/s1. The van der Waals surface area contributed by atoms with Crippen LogP contribution < -0.4 is 19.7 Å². The minimum atomic E-state index is -4.07. The third-order valence-electron chi connectivity index (χ3n) is 7.08. The normalized spacial score (nSPS) is 17.3. The second-order valence-electron chi connectivity index (χ2n) is 13.5. The summed E-state index contributed by atoms with van der Waals surface area (Å²) >= 11 is 0.